The maximum absolute atomic E-state index is 9.44. The molecule has 2 aromatic carbocycles. The van der Waals surface area contributed by atoms with Gasteiger partial charge in [0.05, 0.1) is 5.69 Å². The lowest BCUT2D eigenvalue weighted by Crippen LogP contribution is -1.97. The van der Waals surface area contributed by atoms with Gasteiger partial charge in [0.2, 0.25) is 0 Å². The zero-order valence-electron chi connectivity index (χ0n) is 9.07. The van der Waals surface area contributed by atoms with Crippen molar-refractivity contribution in [2.24, 2.45) is 0 Å². The van der Waals surface area contributed by atoms with Crippen LogP contribution in [-0.2, 0) is 0 Å². The van der Waals surface area contributed by atoms with Gasteiger partial charge >= 0.3 is 0 Å². The van der Waals surface area contributed by atoms with Gasteiger partial charge in [0.1, 0.15) is 5.75 Å². The van der Waals surface area contributed by atoms with E-state index in [0.717, 1.165) is 16.9 Å². The number of phenols is 1. The molecule has 0 radical (unpaired) electrons. The van der Waals surface area contributed by atoms with Gasteiger partial charge in [-0.05, 0) is 36.8 Å². The topological polar surface area (TPSA) is 58.3 Å². The van der Waals surface area contributed by atoms with Crippen LogP contribution in [0.25, 0.3) is 0 Å². The molecule has 0 unspecified atom stereocenters. The molecular weight excluding hydrogens is 200 g/mol. The van der Waals surface area contributed by atoms with E-state index in [2.05, 4.69) is 5.32 Å². The van der Waals surface area contributed by atoms with Gasteiger partial charge in [-0.3, -0.25) is 0 Å². The molecule has 0 saturated heterocycles. The van der Waals surface area contributed by atoms with Crippen molar-refractivity contribution < 1.29 is 5.11 Å². The summed E-state index contributed by atoms with van der Waals surface area (Å²) in [4.78, 5) is 0. The standard InChI is InChI=1S/C13H14N2O/c1-9-11(7-8-12(16)13(9)14)15-10-5-3-2-4-6-10/h2-8,15-16H,14H2,1H3. The summed E-state index contributed by atoms with van der Waals surface area (Å²) in [6.07, 6.45) is 0. The van der Waals surface area contributed by atoms with Crippen molar-refractivity contribution >= 4 is 17.1 Å². The van der Waals surface area contributed by atoms with E-state index in [1.807, 2.05) is 43.3 Å². The van der Waals surface area contributed by atoms with Crippen molar-refractivity contribution in [3.8, 4) is 5.75 Å². The van der Waals surface area contributed by atoms with E-state index in [-0.39, 0.29) is 5.75 Å². The number of nitrogens with two attached hydrogens (primary N) is 1. The van der Waals surface area contributed by atoms with E-state index in [1.165, 1.54) is 0 Å². The van der Waals surface area contributed by atoms with Crippen LogP contribution in [0.1, 0.15) is 5.56 Å². The minimum atomic E-state index is 0.121. The molecule has 0 aliphatic carbocycles. The molecule has 2 aromatic rings. The number of anilines is 3. The first-order chi connectivity index (χ1) is 7.68. The van der Waals surface area contributed by atoms with Crippen LogP contribution in [0, 0.1) is 6.92 Å². The smallest absolute Gasteiger partial charge is 0.138 e. The second-order valence-corrected chi connectivity index (χ2v) is 3.66. The Morgan fingerprint density at radius 2 is 1.75 bits per heavy atom. The van der Waals surface area contributed by atoms with Crippen molar-refractivity contribution in [2.75, 3.05) is 11.1 Å². The van der Waals surface area contributed by atoms with Gasteiger partial charge in [-0.25, -0.2) is 0 Å². The van der Waals surface area contributed by atoms with Gasteiger partial charge in [-0.1, -0.05) is 18.2 Å². The molecule has 82 valence electrons. The summed E-state index contributed by atoms with van der Waals surface area (Å²) in [5.74, 6) is 0.121. The van der Waals surface area contributed by atoms with Crippen LogP contribution in [0.4, 0.5) is 17.1 Å². The van der Waals surface area contributed by atoms with E-state index >= 15 is 0 Å². The summed E-state index contributed by atoms with van der Waals surface area (Å²) in [7, 11) is 0. The predicted octanol–water partition coefficient (Wildman–Crippen LogP) is 3.03. The van der Waals surface area contributed by atoms with Crippen LogP contribution in [-0.4, -0.2) is 5.11 Å². The zero-order chi connectivity index (χ0) is 11.5. The number of hydrogen-bond acceptors (Lipinski definition) is 3. The van der Waals surface area contributed by atoms with Crippen molar-refractivity contribution in [3.05, 3.63) is 48.0 Å². The van der Waals surface area contributed by atoms with Crippen LogP contribution < -0.4 is 11.1 Å². The lowest BCUT2D eigenvalue weighted by atomic mass is 10.1. The molecule has 0 aromatic heterocycles. The second-order valence-electron chi connectivity index (χ2n) is 3.66. The molecule has 0 spiro atoms. The van der Waals surface area contributed by atoms with Crippen LogP contribution in [0.15, 0.2) is 42.5 Å². The van der Waals surface area contributed by atoms with Gasteiger partial charge < -0.3 is 16.2 Å². The first-order valence-electron chi connectivity index (χ1n) is 5.08. The highest BCUT2D eigenvalue weighted by molar-refractivity contribution is 5.73. The van der Waals surface area contributed by atoms with E-state index in [9.17, 15) is 5.11 Å². The Balaban J connectivity index is 2.33. The Kier molecular flexibility index (Phi) is 2.68. The molecule has 0 amide bonds. The van der Waals surface area contributed by atoms with E-state index < -0.39 is 0 Å². The highest BCUT2D eigenvalue weighted by atomic mass is 16.3. The fraction of sp³-hybridized carbons (Fsp3) is 0.0769. The molecule has 0 heterocycles. The molecular formula is C13H14N2O. The molecule has 3 heteroatoms. The Bertz CT molecular complexity index is 495. The number of nitrogen functional groups attached to an aromatic ring is 1. The summed E-state index contributed by atoms with van der Waals surface area (Å²) in [5.41, 5.74) is 8.91. The van der Waals surface area contributed by atoms with Crippen molar-refractivity contribution in [3.63, 3.8) is 0 Å². The van der Waals surface area contributed by atoms with Crippen molar-refractivity contribution in [1.82, 2.24) is 0 Å². The molecule has 0 atom stereocenters. The quantitative estimate of drug-likeness (QED) is 0.409. The lowest BCUT2D eigenvalue weighted by molar-refractivity contribution is 0.477. The van der Waals surface area contributed by atoms with E-state index in [4.69, 9.17) is 5.73 Å². The van der Waals surface area contributed by atoms with Crippen LogP contribution >= 0.6 is 0 Å². The Morgan fingerprint density at radius 1 is 1.06 bits per heavy atom. The number of phenolic OH excluding ortho intramolecular Hbond substituents is 1. The van der Waals surface area contributed by atoms with Gasteiger partial charge in [0.15, 0.2) is 0 Å². The Hall–Kier alpha value is -2.16. The third-order valence-corrected chi connectivity index (χ3v) is 2.54. The number of nitrogens with one attached hydrogen (secondary N) is 1. The van der Waals surface area contributed by atoms with Gasteiger partial charge in [-0.2, -0.15) is 0 Å². The molecule has 0 fully saturated rings. The molecule has 0 aliphatic rings. The molecule has 4 N–H and O–H groups in total. The molecule has 3 nitrogen and oxygen atoms in total. The van der Waals surface area contributed by atoms with Gasteiger partial charge in [-0.15, -0.1) is 0 Å². The minimum Gasteiger partial charge on any atom is -0.506 e. The number of para-hydroxylation sites is 1. The largest absolute Gasteiger partial charge is 0.506 e. The number of aromatic hydroxyl groups is 1. The summed E-state index contributed by atoms with van der Waals surface area (Å²) < 4.78 is 0. The van der Waals surface area contributed by atoms with Crippen LogP contribution in [0.5, 0.6) is 5.75 Å². The zero-order valence-corrected chi connectivity index (χ0v) is 9.07. The van der Waals surface area contributed by atoms with Gasteiger partial charge in [0, 0.05) is 11.4 Å². The second kappa shape index (κ2) is 4.14. The Morgan fingerprint density at radius 3 is 2.44 bits per heavy atom. The first-order valence-corrected chi connectivity index (χ1v) is 5.08. The highest BCUT2D eigenvalue weighted by Crippen LogP contribution is 2.31. The van der Waals surface area contributed by atoms with Crippen molar-refractivity contribution in [2.45, 2.75) is 6.92 Å². The molecule has 0 bridgehead atoms. The molecule has 2 rings (SSSR count). The summed E-state index contributed by atoms with van der Waals surface area (Å²) in [6.45, 7) is 1.88. The van der Waals surface area contributed by atoms with Gasteiger partial charge in [0.25, 0.3) is 0 Å². The minimum absolute atomic E-state index is 0.121. The normalized spacial score (nSPS) is 10.1. The third-order valence-electron chi connectivity index (χ3n) is 2.54. The van der Waals surface area contributed by atoms with Crippen LogP contribution in [0.3, 0.4) is 0 Å². The predicted molar refractivity (Wildman–Crippen MR) is 67.0 cm³/mol. The molecule has 0 saturated carbocycles. The maximum atomic E-state index is 9.44. The summed E-state index contributed by atoms with van der Waals surface area (Å²) >= 11 is 0. The fourth-order valence-corrected chi connectivity index (χ4v) is 1.53. The number of hydrogen-bond donors (Lipinski definition) is 3. The fourth-order valence-electron chi connectivity index (χ4n) is 1.53. The highest BCUT2D eigenvalue weighted by Gasteiger charge is 2.05. The lowest BCUT2D eigenvalue weighted by Gasteiger charge is -2.12. The first kappa shape index (κ1) is 10.4. The monoisotopic (exact) mass is 214 g/mol. The molecule has 0 aliphatic heterocycles. The average molecular weight is 214 g/mol. The number of benzene rings is 2. The van der Waals surface area contributed by atoms with Crippen molar-refractivity contribution in [1.29, 1.82) is 0 Å². The summed E-state index contributed by atoms with van der Waals surface area (Å²) in [6, 6.07) is 13.2. The van der Waals surface area contributed by atoms with Crippen LogP contribution in [0.2, 0.25) is 0 Å². The SMILES string of the molecule is Cc1c(Nc2ccccc2)ccc(O)c1N. The molecule has 16 heavy (non-hydrogen) atoms. The van der Waals surface area contributed by atoms with E-state index in [0.29, 0.717) is 5.69 Å². The maximum Gasteiger partial charge on any atom is 0.138 e. The third kappa shape index (κ3) is 1.93. The summed E-state index contributed by atoms with van der Waals surface area (Å²) in [5, 5.41) is 12.7. The van der Waals surface area contributed by atoms with E-state index in [1.54, 1.807) is 6.07 Å². The number of rotatable bonds is 2. The Labute approximate surface area is 94.5 Å². The average Bonchev–Trinajstić information content (AvgIpc) is 2.31.